The Morgan fingerprint density at radius 2 is 2.04 bits per heavy atom. The maximum atomic E-state index is 11.7. The fourth-order valence-corrected chi connectivity index (χ4v) is 3.12. The van der Waals surface area contributed by atoms with Gasteiger partial charge in [-0.15, -0.1) is 11.3 Å². The normalized spacial score (nSPS) is 11.5. The molecule has 7 heteroatoms. The van der Waals surface area contributed by atoms with E-state index in [1.54, 1.807) is 23.6 Å². The molecule has 0 bridgehead atoms. The molecule has 0 unspecified atom stereocenters. The summed E-state index contributed by atoms with van der Waals surface area (Å²) in [5, 5.41) is 4.11. The minimum atomic E-state index is -0.542. The Balaban J connectivity index is 1.77. The zero-order valence-corrected chi connectivity index (χ0v) is 15.0. The van der Waals surface area contributed by atoms with Crippen LogP contribution in [-0.4, -0.2) is 21.7 Å². The molecule has 2 heterocycles. The van der Waals surface area contributed by atoms with Crippen molar-refractivity contribution in [2.75, 3.05) is 5.32 Å². The summed E-state index contributed by atoms with van der Waals surface area (Å²) in [6.45, 7) is 5.44. The van der Waals surface area contributed by atoms with Gasteiger partial charge in [-0.25, -0.2) is 9.78 Å². The number of halogens is 1. The summed E-state index contributed by atoms with van der Waals surface area (Å²) in [5.41, 5.74) is 1.61. The van der Waals surface area contributed by atoms with Crippen molar-refractivity contribution in [1.29, 1.82) is 0 Å². The molecule has 24 heavy (non-hydrogen) atoms. The molecule has 124 valence electrons. The van der Waals surface area contributed by atoms with E-state index < -0.39 is 11.7 Å². The lowest BCUT2D eigenvalue weighted by atomic mass is 10.2. The van der Waals surface area contributed by atoms with Gasteiger partial charge in [0.05, 0.1) is 27.8 Å². The Hall–Kier alpha value is -2.18. The number of fused-ring (bicyclic) bond motifs is 1. The third-order valence-corrected chi connectivity index (χ3v) is 4.27. The lowest BCUT2D eigenvalue weighted by molar-refractivity contribution is 0.0636. The number of carbonyl (C=O) groups excluding carboxylic acids is 1. The summed E-state index contributed by atoms with van der Waals surface area (Å²) in [6, 6.07) is 9.19. The molecule has 1 amide bonds. The third kappa shape index (κ3) is 4.01. The van der Waals surface area contributed by atoms with E-state index in [4.69, 9.17) is 16.3 Å². The molecule has 5 nitrogen and oxygen atoms in total. The minimum absolute atomic E-state index is 0.508. The standard InChI is InChI=1S/C17H16ClN3O2S/c1-17(2,3)23-16(22)20-11-5-6-12(19-9-11)15-21-13-8-10(18)4-7-14(13)24-15/h4-9H,1-3H3,(H,20,22). The van der Waals surface area contributed by atoms with Crippen LogP contribution in [0.5, 0.6) is 0 Å². The van der Waals surface area contributed by atoms with E-state index in [9.17, 15) is 4.79 Å². The number of carbonyl (C=O) groups is 1. The molecular formula is C17H16ClN3O2S. The van der Waals surface area contributed by atoms with Gasteiger partial charge < -0.3 is 4.74 Å². The number of amides is 1. The molecule has 0 saturated heterocycles. The van der Waals surface area contributed by atoms with Gasteiger partial charge >= 0.3 is 6.09 Å². The highest BCUT2D eigenvalue weighted by atomic mass is 35.5. The number of rotatable bonds is 2. The number of ether oxygens (including phenoxy) is 1. The van der Waals surface area contributed by atoms with E-state index in [0.29, 0.717) is 10.7 Å². The van der Waals surface area contributed by atoms with Crippen LogP contribution in [0.3, 0.4) is 0 Å². The molecule has 2 aromatic heterocycles. The van der Waals surface area contributed by atoms with Crippen LogP contribution in [0, 0.1) is 0 Å². The lowest BCUT2D eigenvalue weighted by Crippen LogP contribution is -2.27. The van der Waals surface area contributed by atoms with Crippen LogP contribution in [0.1, 0.15) is 20.8 Å². The monoisotopic (exact) mass is 361 g/mol. The molecule has 0 spiro atoms. The van der Waals surface area contributed by atoms with Gasteiger partial charge in [-0.1, -0.05) is 11.6 Å². The number of anilines is 1. The van der Waals surface area contributed by atoms with Crippen LogP contribution in [0.4, 0.5) is 10.5 Å². The number of aromatic nitrogens is 2. The largest absolute Gasteiger partial charge is 0.444 e. The highest BCUT2D eigenvalue weighted by Gasteiger charge is 2.16. The van der Waals surface area contributed by atoms with Crippen molar-refractivity contribution >= 4 is 44.9 Å². The summed E-state index contributed by atoms with van der Waals surface area (Å²) in [7, 11) is 0. The SMILES string of the molecule is CC(C)(C)OC(=O)Nc1ccc(-c2nc3cc(Cl)ccc3s2)nc1. The van der Waals surface area contributed by atoms with Crippen LogP contribution in [-0.2, 0) is 4.74 Å². The Morgan fingerprint density at radius 3 is 2.71 bits per heavy atom. The van der Waals surface area contributed by atoms with Gasteiger partial charge in [0.15, 0.2) is 0 Å². The lowest BCUT2D eigenvalue weighted by Gasteiger charge is -2.19. The van der Waals surface area contributed by atoms with Crippen molar-refractivity contribution < 1.29 is 9.53 Å². The first-order valence-corrected chi connectivity index (χ1v) is 8.52. The van der Waals surface area contributed by atoms with Gasteiger partial charge in [-0.05, 0) is 51.1 Å². The summed E-state index contributed by atoms with van der Waals surface area (Å²) in [4.78, 5) is 20.7. The fourth-order valence-electron chi connectivity index (χ4n) is 2.03. The van der Waals surface area contributed by atoms with Gasteiger partial charge in [0.25, 0.3) is 0 Å². The number of hydrogen-bond acceptors (Lipinski definition) is 5. The van der Waals surface area contributed by atoms with E-state index in [-0.39, 0.29) is 0 Å². The molecular weight excluding hydrogens is 346 g/mol. The van der Waals surface area contributed by atoms with Gasteiger partial charge in [-0.3, -0.25) is 10.3 Å². The van der Waals surface area contributed by atoms with Gasteiger partial charge in [0, 0.05) is 5.02 Å². The van der Waals surface area contributed by atoms with Crippen molar-refractivity contribution in [1.82, 2.24) is 9.97 Å². The van der Waals surface area contributed by atoms with E-state index in [1.807, 2.05) is 45.0 Å². The molecule has 3 rings (SSSR count). The molecule has 0 aliphatic rings. The van der Waals surface area contributed by atoms with Gasteiger partial charge in [0.2, 0.25) is 0 Å². The maximum Gasteiger partial charge on any atom is 0.412 e. The first-order chi connectivity index (χ1) is 11.3. The first kappa shape index (κ1) is 16.7. The van der Waals surface area contributed by atoms with Crippen molar-refractivity contribution in [3.63, 3.8) is 0 Å². The molecule has 0 fully saturated rings. The van der Waals surface area contributed by atoms with Crippen LogP contribution < -0.4 is 5.32 Å². The number of benzene rings is 1. The number of pyridine rings is 1. The van der Waals surface area contributed by atoms with Crippen LogP contribution in [0.2, 0.25) is 5.02 Å². The first-order valence-electron chi connectivity index (χ1n) is 7.33. The average molecular weight is 362 g/mol. The van der Waals surface area contributed by atoms with Crippen LogP contribution >= 0.6 is 22.9 Å². The van der Waals surface area contributed by atoms with E-state index in [0.717, 1.165) is 20.9 Å². The molecule has 0 radical (unpaired) electrons. The smallest absolute Gasteiger partial charge is 0.412 e. The van der Waals surface area contributed by atoms with Gasteiger partial charge in [-0.2, -0.15) is 0 Å². The van der Waals surface area contributed by atoms with Crippen LogP contribution in [0.15, 0.2) is 36.5 Å². The Kier molecular flexibility index (Phi) is 4.43. The van der Waals surface area contributed by atoms with E-state index in [1.165, 1.54) is 0 Å². The fraction of sp³-hybridized carbons (Fsp3) is 0.235. The predicted molar refractivity (Wildman–Crippen MR) is 97.7 cm³/mol. The minimum Gasteiger partial charge on any atom is -0.444 e. The summed E-state index contributed by atoms with van der Waals surface area (Å²) in [6.07, 6.45) is 1.07. The van der Waals surface area contributed by atoms with Crippen molar-refractivity contribution in [2.24, 2.45) is 0 Å². The van der Waals surface area contributed by atoms with E-state index >= 15 is 0 Å². The molecule has 0 aliphatic heterocycles. The molecule has 1 N–H and O–H groups in total. The van der Waals surface area contributed by atoms with Crippen molar-refractivity contribution in [3.8, 4) is 10.7 Å². The molecule has 0 aliphatic carbocycles. The number of nitrogens with zero attached hydrogens (tertiary/aromatic N) is 2. The summed E-state index contributed by atoms with van der Waals surface area (Å²) < 4.78 is 6.26. The highest BCUT2D eigenvalue weighted by molar-refractivity contribution is 7.21. The topological polar surface area (TPSA) is 64.1 Å². The second-order valence-electron chi connectivity index (χ2n) is 6.19. The molecule has 3 aromatic rings. The zero-order chi connectivity index (χ0) is 17.3. The quantitative estimate of drug-likeness (QED) is 0.667. The number of hydrogen-bond donors (Lipinski definition) is 1. The third-order valence-electron chi connectivity index (χ3n) is 2.98. The Bertz CT molecular complexity index is 885. The summed E-state index contributed by atoms with van der Waals surface area (Å²) >= 11 is 7.53. The van der Waals surface area contributed by atoms with Gasteiger partial charge in [0.1, 0.15) is 10.6 Å². The average Bonchev–Trinajstić information content (AvgIpc) is 2.89. The number of thiazole rings is 1. The highest BCUT2D eigenvalue weighted by Crippen LogP contribution is 2.30. The van der Waals surface area contributed by atoms with E-state index in [2.05, 4.69) is 15.3 Å². The molecule has 1 aromatic carbocycles. The molecule has 0 atom stereocenters. The zero-order valence-electron chi connectivity index (χ0n) is 13.5. The van der Waals surface area contributed by atoms with Crippen molar-refractivity contribution in [3.05, 3.63) is 41.6 Å². The predicted octanol–water partition coefficient (Wildman–Crippen LogP) is 5.36. The Labute approximate surface area is 148 Å². The molecule has 0 saturated carbocycles. The second-order valence-corrected chi connectivity index (χ2v) is 7.66. The number of nitrogens with one attached hydrogen (secondary N) is 1. The van der Waals surface area contributed by atoms with Crippen LogP contribution in [0.25, 0.3) is 20.9 Å². The van der Waals surface area contributed by atoms with Crippen molar-refractivity contribution in [2.45, 2.75) is 26.4 Å². The Morgan fingerprint density at radius 1 is 1.25 bits per heavy atom. The summed E-state index contributed by atoms with van der Waals surface area (Å²) in [5.74, 6) is 0. The maximum absolute atomic E-state index is 11.7. The second kappa shape index (κ2) is 6.37.